The summed E-state index contributed by atoms with van der Waals surface area (Å²) in [7, 11) is 0. The minimum absolute atomic E-state index is 0.676. The molecule has 2 rings (SSSR count). The maximum Gasteiger partial charge on any atom is 0.0628 e. The standard InChI is InChI=1S/C8H14O/c1-2-6-3-4-8-7(6)5-9-8/h6-8H,2-5H2,1H3. The molecule has 3 unspecified atom stereocenters. The monoisotopic (exact) mass is 126 g/mol. The van der Waals surface area contributed by atoms with Crippen molar-refractivity contribution in [3.63, 3.8) is 0 Å². The lowest BCUT2D eigenvalue weighted by Gasteiger charge is -2.34. The van der Waals surface area contributed by atoms with E-state index >= 15 is 0 Å². The highest BCUT2D eigenvalue weighted by Crippen LogP contribution is 2.42. The van der Waals surface area contributed by atoms with Crippen molar-refractivity contribution in [3.05, 3.63) is 0 Å². The van der Waals surface area contributed by atoms with Crippen molar-refractivity contribution in [2.45, 2.75) is 32.3 Å². The van der Waals surface area contributed by atoms with Crippen LogP contribution in [0.1, 0.15) is 26.2 Å². The molecule has 0 aromatic heterocycles. The number of fused-ring (bicyclic) bond motifs is 1. The summed E-state index contributed by atoms with van der Waals surface area (Å²) in [5.41, 5.74) is 0. The van der Waals surface area contributed by atoms with E-state index in [0.717, 1.165) is 18.4 Å². The molecule has 1 nitrogen and oxygen atoms in total. The van der Waals surface area contributed by atoms with Crippen LogP contribution < -0.4 is 0 Å². The average Bonchev–Trinajstić information content (AvgIpc) is 2.07. The predicted molar refractivity (Wildman–Crippen MR) is 36.2 cm³/mol. The van der Waals surface area contributed by atoms with Crippen molar-refractivity contribution < 1.29 is 4.74 Å². The SMILES string of the molecule is CCC1CCC2OCC12. The Kier molecular flexibility index (Phi) is 1.26. The van der Waals surface area contributed by atoms with E-state index in [-0.39, 0.29) is 0 Å². The number of hydrogen-bond acceptors (Lipinski definition) is 1. The Hall–Kier alpha value is -0.0400. The van der Waals surface area contributed by atoms with Gasteiger partial charge in [0.1, 0.15) is 0 Å². The Labute approximate surface area is 56.4 Å². The first-order valence-corrected chi connectivity index (χ1v) is 4.03. The Balaban J connectivity index is 1.97. The van der Waals surface area contributed by atoms with Crippen LogP contribution in [-0.4, -0.2) is 12.7 Å². The molecule has 2 fully saturated rings. The van der Waals surface area contributed by atoms with Gasteiger partial charge in [-0.1, -0.05) is 13.3 Å². The molecule has 0 bridgehead atoms. The van der Waals surface area contributed by atoms with Gasteiger partial charge in [-0.15, -0.1) is 0 Å². The molecule has 1 heteroatoms. The van der Waals surface area contributed by atoms with E-state index in [1.807, 2.05) is 0 Å². The first kappa shape index (κ1) is 5.72. The summed E-state index contributed by atoms with van der Waals surface area (Å²) in [5, 5.41) is 0. The van der Waals surface area contributed by atoms with Crippen LogP contribution in [0.5, 0.6) is 0 Å². The van der Waals surface area contributed by atoms with Crippen LogP contribution in [0.15, 0.2) is 0 Å². The molecule has 52 valence electrons. The van der Waals surface area contributed by atoms with Gasteiger partial charge in [0.25, 0.3) is 0 Å². The first-order chi connectivity index (χ1) is 4.42. The third-order valence-electron chi connectivity index (χ3n) is 2.93. The molecule has 0 aromatic carbocycles. The van der Waals surface area contributed by atoms with Gasteiger partial charge in [0, 0.05) is 5.92 Å². The van der Waals surface area contributed by atoms with Crippen LogP contribution in [0, 0.1) is 11.8 Å². The minimum atomic E-state index is 0.676. The summed E-state index contributed by atoms with van der Waals surface area (Å²) in [5.74, 6) is 1.96. The van der Waals surface area contributed by atoms with Crippen molar-refractivity contribution in [1.82, 2.24) is 0 Å². The molecule has 0 N–H and O–H groups in total. The van der Waals surface area contributed by atoms with E-state index in [4.69, 9.17) is 4.74 Å². The molecule has 0 radical (unpaired) electrons. The molecule has 3 atom stereocenters. The number of rotatable bonds is 1. The third kappa shape index (κ3) is 0.710. The zero-order valence-corrected chi connectivity index (χ0v) is 5.97. The Bertz CT molecular complexity index is 109. The fourth-order valence-corrected chi connectivity index (χ4v) is 2.18. The molecule has 0 amide bonds. The van der Waals surface area contributed by atoms with Gasteiger partial charge in [-0.2, -0.15) is 0 Å². The third-order valence-corrected chi connectivity index (χ3v) is 2.93. The molecule has 0 aromatic rings. The number of hydrogen-bond donors (Lipinski definition) is 0. The Morgan fingerprint density at radius 1 is 1.44 bits per heavy atom. The zero-order valence-electron chi connectivity index (χ0n) is 5.97. The maximum atomic E-state index is 5.39. The molecule has 1 aliphatic carbocycles. The van der Waals surface area contributed by atoms with Crippen molar-refractivity contribution in [3.8, 4) is 0 Å². The lowest BCUT2D eigenvalue weighted by molar-refractivity contribution is -0.108. The first-order valence-electron chi connectivity index (χ1n) is 4.03. The van der Waals surface area contributed by atoms with Gasteiger partial charge in [0.05, 0.1) is 12.7 Å². The summed E-state index contributed by atoms with van der Waals surface area (Å²) < 4.78 is 5.39. The van der Waals surface area contributed by atoms with Gasteiger partial charge in [-0.05, 0) is 18.8 Å². The minimum Gasteiger partial charge on any atom is -0.377 e. The van der Waals surface area contributed by atoms with E-state index in [2.05, 4.69) is 6.92 Å². The molecule has 1 aliphatic heterocycles. The van der Waals surface area contributed by atoms with Crippen LogP contribution in [0.2, 0.25) is 0 Å². The van der Waals surface area contributed by atoms with Gasteiger partial charge >= 0.3 is 0 Å². The van der Waals surface area contributed by atoms with E-state index < -0.39 is 0 Å². The normalized spacial score (nSPS) is 48.3. The van der Waals surface area contributed by atoms with Crippen LogP contribution in [0.25, 0.3) is 0 Å². The van der Waals surface area contributed by atoms with Crippen molar-refractivity contribution in [2.75, 3.05) is 6.61 Å². The fraction of sp³-hybridized carbons (Fsp3) is 1.00. The van der Waals surface area contributed by atoms with Crippen LogP contribution in [0.3, 0.4) is 0 Å². The smallest absolute Gasteiger partial charge is 0.0628 e. The van der Waals surface area contributed by atoms with Gasteiger partial charge in [-0.25, -0.2) is 0 Å². The highest BCUT2D eigenvalue weighted by atomic mass is 16.5. The summed E-state index contributed by atoms with van der Waals surface area (Å²) >= 11 is 0. The lowest BCUT2D eigenvalue weighted by Crippen LogP contribution is -2.37. The molecular weight excluding hydrogens is 112 g/mol. The molecule has 9 heavy (non-hydrogen) atoms. The quantitative estimate of drug-likeness (QED) is 0.520. The maximum absolute atomic E-state index is 5.39. The van der Waals surface area contributed by atoms with Crippen molar-refractivity contribution in [2.24, 2.45) is 11.8 Å². The predicted octanol–water partition coefficient (Wildman–Crippen LogP) is 1.82. The Morgan fingerprint density at radius 3 is 2.67 bits per heavy atom. The van der Waals surface area contributed by atoms with Gasteiger partial charge < -0.3 is 4.74 Å². The summed E-state index contributed by atoms with van der Waals surface area (Å²) in [6, 6.07) is 0. The van der Waals surface area contributed by atoms with Crippen LogP contribution in [0.4, 0.5) is 0 Å². The second-order valence-corrected chi connectivity index (χ2v) is 3.28. The van der Waals surface area contributed by atoms with Crippen molar-refractivity contribution in [1.29, 1.82) is 0 Å². The number of ether oxygens (including phenoxy) is 1. The van der Waals surface area contributed by atoms with Gasteiger partial charge in [0.2, 0.25) is 0 Å². The molecule has 1 heterocycles. The molecule has 0 spiro atoms. The second-order valence-electron chi connectivity index (χ2n) is 3.28. The van der Waals surface area contributed by atoms with E-state index in [1.165, 1.54) is 19.3 Å². The van der Waals surface area contributed by atoms with E-state index in [1.54, 1.807) is 0 Å². The average molecular weight is 126 g/mol. The molecule has 1 saturated heterocycles. The van der Waals surface area contributed by atoms with Gasteiger partial charge in [-0.3, -0.25) is 0 Å². The molecule has 2 aliphatic rings. The fourth-order valence-electron chi connectivity index (χ4n) is 2.18. The highest BCUT2D eigenvalue weighted by Gasteiger charge is 2.42. The van der Waals surface area contributed by atoms with E-state index in [9.17, 15) is 0 Å². The van der Waals surface area contributed by atoms with Crippen LogP contribution in [-0.2, 0) is 4.74 Å². The van der Waals surface area contributed by atoms with Crippen LogP contribution >= 0.6 is 0 Å². The summed E-state index contributed by atoms with van der Waals surface area (Å²) in [6.07, 6.45) is 4.80. The van der Waals surface area contributed by atoms with Crippen molar-refractivity contribution >= 4 is 0 Å². The summed E-state index contributed by atoms with van der Waals surface area (Å²) in [4.78, 5) is 0. The van der Waals surface area contributed by atoms with Gasteiger partial charge in [0.15, 0.2) is 0 Å². The zero-order chi connectivity index (χ0) is 6.27. The molecule has 1 saturated carbocycles. The highest BCUT2D eigenvalue weighted by molar-refractivity contribution is 4.90. The topological polar surface area (TPSA) is 9.23 Å². The largest absolute Gasteiger partial charge is 0.377 e. The van der Waals surface area contributed by atoms with E-state index in [0.29, 0.717) is 6.10 Å². The second kappa shape index (κ2) is 1.98. The lowest BCUT2D eigenvalue weighted by atomic mass is 9.90. The Morgan fingerprint density at radius 2 is 2.33 bits per heavy atom. The summed E-state index contributed by atoms with van der Waals surface area (Å²) in [6.45, 7) is 3.36. The molecular formula is C8H14O.